The molecule has 0 fully saturated rings. The summed E-state index contributed by atoms with van der Waals surface area (Å²) in [5.41, 5.74) is 13.8. The van der Waals surface area contributed by atoms with E-state index in [1.165, 1.54) is 22.4 Å². The van der Waals surface area contributed by atoms with Gasteiger partial charge >= 0.3 is 5.97 Å². The summed E-state index contributed by atoms with van der Waals surface area (Å²) in [6.45, 7) is 6.50. The second-order valence-electron chi connectivity index (χ2n) is 8.73. The predicted molar refractivity (Wildman–Crippen MR) is 118 cm³/mol. The van der Waals surface area contributed by atoms with Crippen LogP contribution in [0.25, 0.3) is 10.9 Å². The van der Waals surface area contributed by atoms with Gasteiger partial charge in [-0.25, -0.2) is 0 Å². The van der Waals surface area contributed by atoms with E-state index in [1.807, 2.05) is 6.92 Å². The number of benzene rings is 1. The van der Waals surface area contributed by atoms with Crippen molar-refractivity contribution in [1.82, 2.24) is 4.98 Å². The molecule has 0 saturated heterocycles. The molecule has 1 aromatic heterocycles. The number of nitrogen functional groups attached to an aromatic ring is 1. The van der Waals surface area contributed by atoms with Crippen molar-refractivity contribution in [1.29, 1.82) is 0 Å². The number of ether oxygens (including phenoxy) is 1. The van der Waals surface area contributed by atoms with Crippen molar-refractivity contribution in [2.75, 3.05) is 12.3 Å². The Balaban J connectivity index is 1.55. The van der Waals surface area contributed by atoms with Crippen LogP contribution in [0, 0.1) is 18.8 Å². The summed E-state index contributed by atoms with van der Waals surface area (Å²) in [5.74, 6) is 0.939. The summed E-state index contributed by atoms with van der Waals surface area (Å²) in [7, 11) is 0. The summed E-state index contributed by atoms with van der Waals surface area (Å²) in [4.78, 5) is 17.1. The maximum absolute atomic E-state index is 12.1. The quantitative estimate of drug-likeness (QED) is 0.523. The van der Waals surface area contributed by atoms with Crippen molar-refractivity contribution < 1.29 is 9.53 Å². The van der Waals surface area contributed by atoms with E-state index in [9.17, 15) is 4.79 Å². The van der Waals surface area contributed by atoms with Gasteiger partial charge in [-0.3, -0.25) is 9.78 Å². The molecular weight excluding hydrogens is 360 g/mol. The van der Waals surface area contributed by atoms with E-state index >= 15 is 0 Å². The maximum atomic E-state index is 12.1. The van der Waals surface area contributed by atoms with Crippen LogP contribution in [-0.4, -0.2) is 17.6 Å². The van der Waals surface area contributed by atoms with Crippen LogP contribution in [0.5, 0.6) is 0 Å². The molecule has 1 aromatic carbocycles. The van der Waals surface area contributed by atoms with Gasteiger partial charge in [-0.1, -0.05) is 30.7 Å². The van der Waals surface area contributed by atoms with Crippen molar-refractivity contribution in [2.45, 2.75) is 65.2 Å². The van der Waals surface area contributed by atoms with Gasteiger partial charge in [-0.05, 0) is 75.8 Å². The first-order valence-corrected chi connectivity index (χ1v) is 11.0. The number of esters is 1. The molecule has 3 unspecified atom stereocenters. The number of aromatic nitrogens is 1. The third kappa shape index (κ3) is 3.90. The number of hydrogen-bond acceptors (Lipinski definition) is 4. The third-order valence-electron chi connectivity index (χ3n) is 6.66. The average Bonchev–Trinajstić information content (AvgIpc) is 2.68. The van der Waals surface area contributed by atoms with Gasteiger partial charge in [0.2, 0.25) is 0 Å². The Labute approximate surface area is 173 Å². The minimum absolute atomic E-state index is 0.00354. The van der Waals surface area contributed by atoms with Crippen molar-refractivity contribution in [3.8, 4) is 0 Å². The van der Waals surface area contributed by atoms with Gasteiger partial charge in [-0.2, -0.15) is 0 Å². The summed E-state index contributed by atoms with van der Waals surface area (Å²) in [6.07, 6.45) is 8.30. The Morgan fingerprint density at radius 3 is 2.90 bits per heavy atom. The second kappa shape index (κ2) is 8.17. The van der Waals surface area contributed by atoms with E-state index in [-0.39, 0.29) is 11.9 Å². The number of anilines is 1. The molecule has 2 bridgehead atoms. The fourth-order valence-electron chi connectivity index (χ4n) is 5.22. The SMILES string of the molecule is CCOC(=O)C(CC)CCC1=CC2Cc3nc4cc(C)ccc4c(N)c3C(C1)C2. The molecule has 2 N–H and O–H groups in total. The summed E-state index contributed by atoms with van der Waals surface area (Å²) in [5, 5.41) is 1.08. The average molecular weight is 393 g/mol. The second-order valence-corrected chi connectivity index (χ2v) is 8.73. The molecular formula is C25H32N2O2. The van der Waals surface area contributed by atoms with Crippen LogP contribution in [0.1, 0.15) is 68.7 Å². The Hall–Kier alpha value is -2.36. The fraction of sp³-hybridized carbons (Fsp3) is 0.520. The van der Waals surface area contributed by atoms with E-state index < -0.39 is 0 Å². The highest BCUT2D eigenvalue weighted by molar-refractivity contribution is 5.93. The van der Waals surface area contributed by atoms with Crippen LogP contribution in [0.3, 0.4) is 0 Å². The summed E-state index contributed by atoms with van der Waals surface area (Å²) < 4.78 is 5.24. The van der Waals surface area contributed by atoms with Gasteiger partial charge in [-0.15, -0.1) is 0 Å². The lowest BCUT2D eigenvalue weighted by atomic mass is 9.70. The smallest absolute Gasteiger partial charge is 0.308 e. The molecule has 0 aliphatic heterocycles. The first-order chi connectivity index (χ1) is 14.0. The lowest BCUT2D eigenvalue weighted by Crippen LogP contribution is -2.25. The lowest BCUT2D eigenvalue weighted by molar-refractivity contribution is -0.148. The highest BCUT2D eigenvalue weighted by atomic mass is 16.5. The number of pyridine rings is 1. The first kappa shape index (κ1) is 19.9. The highest BCUT2D eigenvalue weighted by Gasteiger charge is 2.34. The van der Waals surface area contributed by atoms with E-state index in [1.54, 1.807) is 0 Å². The van der Waals surface area contributed by atoms with E-state index in [0.717, 1.165) is 55.1 Å². The Morgan fingerprint density at radius 2 is 2.14 bits per heavy atom. The fourth-order valence-corrected chi connectivity index (χ4v) is 5.22. The molecule has 3 atom stereocenters. The van der Waals surface area contributed by atoms with Crippen LogP contribution in [0.15, 0.2) is 29.8 Å². The predicted octanol–water partition coefficient (Wildman–Crippen LogP) is 5.47. The number of allylic oxidation sites excluding steroid dienone is 2. The Morgan fingerprint density at radius 1 is 1.31 bits per heavy atom. The molecule has 2 aromatic rings. The summed E-state index contributed by atoms with van der Waals surface area (Å²) >= 11 is 0. The molecule has 1 heterocycles. The molecule has 0 spiro atoms. The number of aryl methyl sites for hydroxylation is 1. The summed E-state index contributed by atoms with van der Waals surface area (Å²) in [6, 6.07) is 6.37. The largest absolute Gasteiger partial charge is 0.466 e. The molecule has 0 amide bonds. The zero-order valence-electron chi connectivity index (χ0n) is 17.8. The normalized spacial score (nSPS) is 21.4. The number of fused-ring (bicyclic) bond motifs is 5. The van der Waals surface area contributed by atoms with Gasteiger partial charge in [0.15, 0.2) is 0 Å². The highest BCUT2D eigenvalue weighted by Crippen LogP contribution is 2.47. The van der Waals surface area contributed by atoms with Crippen molar-refractivity contribution in [3.05, 3.63) is 46.7 Å². The standard InChI is InChI=1S/C25H32N2O2/c1-4-18(25(28)29-5-2)8-7-16-11-17-13-19(12-16)23-22(14-17)27-21-10-15(3)6-9-20(21)24(23)26/h6,9-11,17-19H,4-5,7-8,12-14H2,1-3H3,(H2,26,27). The van der Waals surface area contributed by atoms with Crippen molar-refractivity contribution in [3.63, 3.8) is 0 Å². The Kier molecular flexibility index (Phi) is 5.62. The first-order valence-electron chi connectivity index (χ1n) is 11.0. The van der Waals surface area contributed by atoms with Gasteiger partial charge < -0.3 is 10.5 Å². The monoisotopic (exact) mass is 392 g/mol. The van der Waals surface area contributed by atoms with Crippen LogP contribution in [0.4, 0.5) is 5.69 Å². The minimum atomic E-state index is -0.0489. The number of hydrogen-bond donors (Lipinski definition) is 1. The molecule has 4 rings (SSSR count). The number of carbonyl (C=O) groups is 1. The minimum Gasteiger partial charge on any atom is -0.466 e. The van der Waals surface area contributed by atoms with Gasteiger partial charge in [0.1, 0.15) is 0 Å². The van der Waals surface area contributed by atoms with E-state index in [4.69, 9.17) is 15.5 Å². The zero-order chi connectivity index (χ0) is 20.5. The third-order valence-corrected chi connectivity index (χ3v) is 6.66. The molecule has 4 heteroatoms. The molecule has 0 saturated carbocycles. The maximum Gasteiger partial charge on any atom is 0.308 e. The van der Waals surface area contributed by atoms with Crippen LogP contribution >= 0.6 is 0 Å². The van der Waals surface area contributed by atoms with Gasteiger partial charge in [0.25, 0.3) is 0 Å². The number of rotatable bonds is 6. The molecule has 29 heavy (non-hydrogen) atoms. The van der Waals surface area contributed by atoms with Crippen LogP contribution in [-0.2, 0) is 16.0 Å². The van der Waals surface area contributed by atoms with Gasteiger partial charge in [0.05, 0.1) is 18.0 Å². The molecule has 4 nitrogen and oxygen atoms in total. The lowest BCUT2D eigenvalue weighted by Gasteiger charge is -2.36. The van der Waals surface area contributed by atoms with E-state index in [2.05, 4.69) is 38.1 Å². The van der Waals surface area contributed by atoms with Crippen LogP contribution in [0.2, 0.25) is 0 Å². The van der Waals surface area contributed by atoms with Crippen molar-refractivity contribution >= 4 is 22.6 Å². The molecule has 2 aliphatic rings. The van der Waals surface area contributed by atoms with Crippen LogP contribution < -0.4 is 5.73 Å². The van der Waals surface area contributed by atoms with Gasteiger partial charge in [0, 0.05) is 22.3 Å². The zero-order valence-corrected chi connectivity index (χ0v) is 17.8. The number of nitrogens with zero attached hydrogens (tertiary/aromatic N) is 1. The van der Waals surface area contributed by atoms with E-state index in [0.29, 0.717) is 18.4 Å². The number of nitrogens with two attached hydrogens (primary N) is 1. The molecule has 2 aliphatic carbocycles. The topological polar surface area (TPSA) is 65.2 Å². The van der Waals surface area contributed by atoms with Crippen molar-refractivity contribution in [2.24, 2.45) is 11.8 Å². The Bertz CT molecular complexity index is 963. The molecule has 154 valence electrons. The molecule has 0 radical (unpaired) electrons. The number of carbonyl (C=O) groups excluding carboxylic acids is 1.